The molecule has 2 atom stereocenters. The number of amides is 1. The van der Waals surface area contributed by atoms with Crippen molar-refractivity contribution in [1.29, 1.82) is 5.26 Å². The van der Waals surface area contributed by atoms with Crippen LogP contribution < -0.4 is 10.6 Å². The van der Waals surface area contributed by atoms with E-state index in [1.54, 1.807) is 11.3 Å². The molecule has 1 aliphatic rings. The van der Waals surface area contributed by atoms with Gasteiger partial charge >= 0.3 is 0 Å². The zero-order valence-corrected chi connectivity index (χ0v) is 14.6. The van der Waals surface area contributed by atoms with E-state index < -0.39 is 5.54 Å². The van der Waals surface area contributed by atoms with Crippen molar-refractivity contribution < 1.29 is 10.1 Å². The van der Waals surface area contributed by atoms with Gasteiger partial charge in [-0.05, 0) is 37.1 Å². The molecule has 0 saturated heterocycles. The SMILES string of the molecule is C[C@](C#N)(NC(=O)C[NH2+][C@@H](c1ccccc1)c1cccs1)C1CC1. The maximum absolute atomic E-state index is 12.4. The highest BCUT2D eigenvalue weighted by Gasteiger charge is 2.43. The van der Waals surface area contributed by atoms with E-state index in [0.29, 0.717) is 12.5 Å². The third-order valence-corrected chi connectivity index (χ3v) is 5.53. The van der Waals surface area contributed by atoms with Gasteiger partial charge in [0.2, 0.25) is 0 Å². The van der Waals surface area contributed by atoms with Gasteiger partial charge in [0.05, 0.1) is 10.9 Å². The number of rotatable bonds is 7. The third kappa shape index (κ3) is 3.84. The standard InChI is InChI=1S/C19H21N3OS/c1-19(13-20,15-9-10-15)22-17(23)12-21-18(16-8-5-11-24-16)14-6-3-2-4-7-14/h2-8,11,15,18,21H,9-10,12H2,1H3,(H,22,23)/p+1/t18-,19+/m0/s1. The summed E-state index contributed by atoms with van der Waals surface area (Å²) in [5, 5.41) is 16.4. The lowest BCUT2D eigenvalue weighted by Crippen LogP contribution is -2.88. The molecular weight excluding hydrogens is 318 g/mol. The first kappa shape index (κ1) is 16.7. The molecule has 1 fully saturated rings. The highest BCUT2D eigenvalue weighted by molar-refractivity contribution is 7.10. The summed E-state index contributed by atoms with van der Waals surface area (Å²) in [6, 6.07) is 16.7. The zero-order valence-electron chi connectivity index (χ0n) is 13.7. The number of nitrogens with two attached hydrogens (primary N) is 1. The maximum atomic E-state index is 12.4. The van der Waals surface area contributed by atoms with Crippen LogP contribution in [0.3, 0.4) is 0 Å². The van der Waals surface area contributed by atoms with Crippen LogP contribution >= 0.6 is 11.3 Å². The number of hydrogen-bond acceptors (Lipinski definition) is 3. The zero-order chi connectivity index (χ0) is 17.0. The Hall–Kier alpha value is -2.16. The van der Waals surface area contributed by atoms with E-state index in [4.69, 9.17) is 0 Å². The summed E-state index contributed by atoms with van der Waals surface area (Å²) >= 11 is 1.69. The van der Waals surface area contributed by atoms with Gasteiger partial charge in [0, 0.05) is 5.56 Å². The second kappa shape index (κ2) is 7.16. The van der Waals surface area contributed by atoms with Crippen molar-refractivity contribution >= 4 is 17.2 Å². The van der Waals surface area contributed by atoms with Gasteiger partial charge in [0.1, 0.15) is 11.6 Å². The summed E-state index contributed by atoms with van der Waals surface area (Å²) in [5.41, 5.74) is 0.453. The molecule has 1 amide bonds. The molecule has 1 aromatic carbocycles. The highest BCUT2D eigenvalue weighted by atomic mass is 32.1. The molecule has 124 valence electrons. The number of quaternary nitrogens is 1. The molecule has 24 heavy (non-hydrogen) atoms. The first-order chi connectivity index (χ1) is 11.6. The van der Waals surface area contributed by atoms with Gasteiger partial charge in [-0.1, -0.05) is 36.4 Å². The van der Waals surface area contributed by atoms with Crippen molar-refractivity contribution in [2.45, 2.75) is 31.3 Å². The van der Waals surface area contributed by atoms with E-state index in [1.165, 1.54) is 10.4 Å². The van der Waals surface area contributed by atoms with Crippen LogP contribution in [0.15, 0.2) is 47.8 Å². The third-order valence-electron chi connectivity index (χ3n) is 4.57. The summed E-state index contributed by atoms with van der Waals surface area (Å²) in [4.78, 5) is 13.6. The lowest BCUT2D eigenvalue weighted by atomic mass is 9.98. The molecule has 0 aliphatic heterocycles. The van der Waals surface area contributed by atoms with E-state index in [-0.39, 0.29) is 11.9 Å². The number of nitriles is 1. The molecule has 1 heterocycles. The van der Waals surface area contributed by atoms with E-state index in [9.17, 15) is 10.1 Å². The number of carbonyl (C=O) groups excluding carboxylic acids is 1. The van der Waals surface area contributed by atoms with E-state index in [1.807, 2.05) is 36.5 Å². The molecule has 3 N–H and O–H groups in total. The van der Waals surface area contributed by atoms with Crippen molar-refractivity contribution in [3.8, 4) is 6.07 Å². The molecule has 3 rings (SSSR count). The Kier molecular flexibility index (Phi) is 4.98. The second-order valence-electron chi connectivity index (χ2n) is 6.48. The monoisotopic (exact) mass is 340 g/mol. The van der Waals surface area contributed by atoms with Crippen LogP contribution in [0, 0.1) is 17.2 Å². The predicted molar refractivity (Wildman–Crippen MR) is 94.3 cm³/mol. The normalized spacial score (nSPS) is 17.5. The Morgan fingerprint density at radius 2 is 2.12 bits per heavy atom. The summed E-state index contributed by atoms with van der Waals surface area (Å²) in [6.45, 7) is 2.14. The second-order valence-corrected chi connectivity index (χ2v) is 7.46. The Bertz CT molecular complexity index is 719. The molecule has 1 aliphatic carbocycles. The average Bonchev–Trinajstić information content (AvgIpc) is 3.33. The number of carbonyl (C=O) groups is 1. The van der Waals surface area contributed by atoms with Crippen LogP contribution in [-0.2, 0) is 4.79 Å². The van der Waals surface area contributed by atoms with Crippen LogP contribution in [0.2, 0.25) is 0 Å². The summed E-state index contributed by atoms with van der Waals surface area (Å²) in [6.07, 6.45) is 2.05. The van der Waals surface area contributed by atoms with E-state index in [0.717, 1.165) is 12.8 Å². The van der Waals surface area contributed by atoms with Crippen molar-refractivity contribution in [3.05, 3.63) is 58.3 Å². The minimum absolute atomic E-state index is 0.0802. The number of nitrogens with zero attached hydrogens (tertiary/aromatic N) is 1. The summed E-state index contributed by atoms with van der Waals surface area (Å²) in [5.74, 6) is 0.220. The number of thiophene rings is 1. The minimum atomic E-state index is -0.726. The molecule has 1 saturated carbocycles. The predicted octanol–water partition coefficient (Wildman–Crippen LogP) is 2.21. The quantitative estimate of drug-likeness (QED) is 0.811. The molecular formula is C19H22N3OS+. The van der Waals surface area contributed by atoms with Gasteiger partial charge in [-0.25, -0.2) is 0 Å². The van der Waals surface area contributed by atoms with Crippen LogP contribution in [0.5, 0.6) is 0 Å². The van der Waals surface area contributed by atoms with Gasteiger partial charge in [0.15, 0.2) is 6.54 Å². The smallest absolute Gasteiger partial charge is 0.276 e. The van der Waals surface area contributed by atoms with Gasteiger partial charge in [-0.2, -0.15) is 5.26 Å². The van der Waals surface area contributed by atoms with Crippen LogP contribution in [0.1, 0.15) is 36.2 Å². The Morgan fingerprint density at radius 1 is 1.38 bits per heavy atom. The molecule has 1 aromatic heterocycles. The molecule has 5 heteroatoms. The van der Waals surface area contributed by atoms with Crippen molar-refractivity contribution in [2.24, 2.45) is 5.92 Å². The van der Waals surface area contributed by atoms with Gasteiger partial charge in [-0.15, -0.1) is 11.3 Å². The molecule has 4 nitrogen and oxygen atoms in total. The van der Waals surface area contributed by atoms with Crippen LogP contribution in [-0.4, -0.2) is 18.0 Å². The van der Waals surface area contributed by atoms with Gasteiger partial charge in [-0.3, -0.25) is 4.79 Å². The Morgan fingerprint density at radius 3 is 2.71 bits per heavy atom. The van der Waals surface area contributed by atoms with E-state index >= 15 is 0 Å². The van der Waals surface area contributed by atoms with Gasteiger partial charge in [0.25, 0.3) is 5.91 Å². The first-order valence-electron chi connectivity index (χ1n) is 8.26. The maximum Gasteiger partial charge on any atom is 0.276 e. The molecule has 0 unspecified atom stereocenters. The fraction of sp³-hybridized carbons (Fsp3) is 0.368. The molecule has 2 aromatic rings. The molecule has 0 bridgehead atoms. The lowest BCUT2D eigenvalue weighted by molar-refractivity contribution is -0.676. The number of benzene rings is 1. The topological polar surface area (TPSA) is 69.5 Å². The number of hydrogen-bond donors (Lipinski definition) is 2. The first-order valence-corrected chi connectivity index (χ1v) is 9.14. The lowest BCUT2D eigenvalue weighted by Gasteiger charge is -2.23. The fourth-order valence-electron chi connectivity index (χ4n) is 2.99. The Balaban J connectivity index is 1.66. The highest BCUT2D eigenvalue weighted by Crippen LogP contribution is 2.39. The van der Waals surface area contributed by atoms with E-state index in [2.05, 4.69) is 35.0 Å². The molecule has 0 radical (unpaired) electrons. The average molecular weight is 340 g/mol. The largest absolute Gasteiger partial charge is 0.333 e. The van der Waals surface area contributed by atoms with Crippen LogP contribution in [0.25, 0.3) is 0 Å². The number of nitrogens with one attached hydrogen (secondary N) is 1. The van der Waals surface area contributed by atoms with Gasteiger partial charge < -0.3 is 10.6 Å². The summed E-state index contributed by atoms with van der Waals surface area (Å²) in [7, 11) is 0. The molecule has 0 spiro atoms. The summed E-state index contributed by atoms with van der Waals surface area (Å²) < 4.78 is 0. The minimum Gasteiger partial charge on any atom is -0.333 e. The van der Waals surface area contributed by atoms with Crippen molar-refractivity contribution in [3.63, 3.8) is 0 Å². The van der Waals surface area contributed by atoms with Crippen molar-refractivity contribution in [2.75, 3.05) is 6.54 Å². The van der Waals surface area contributed by atoms with Crippen molar-refractivity contribution in [1.82, 2.24) is 5.32 Å². The van der Waals surface area contributed by atoms with Crippen LogP contribution in [0.4, 0.5) is 0 Å². The fourth-order valence-corrected chi connectivity index (χ4v) is 3.84. The Labute approximate surface area is 146 Å².